The van der Waals surface area contributed by atoms with E-state index in [0.29, 0.717) is 13.1 Å². The summed E-state index contributed by atoms with van der Waals surface area (Å²) in [5.41, 5.74) is 3.61. The molecule has 26 heavy (non-hydrogen) atoms. The van der Waals surface area contributed by atoms with Crippen molar-refractivity contribution < 1.29 is 14.3 Å². The Kier molecular flexibility index (Phi) is 5.78. The molecule has 2 aromatic rings. The molecule has 1 aliphatic heterocycles. The second-order valence-corrected chi connectivity index (χ2v) is 6.67. The Bertz CT molecular complexity index is 761. The van der Waals surface area contributed by atoms with Crippen molar-refractivity contribution in [3.8, 4) is 11.5 Å². The standard InChI is InChI=1S/C21H26N2O3/c1-22(13-16-7-5-4-6-8-16)21(24)15-23-10-9-17-11-19(25-2)20(26-3)12-18(17)14-23/h4-8,11-12H,9-10,13-15H2,1-3H3. The molecule has 2 aromatic carbocycles. The SMILES string of the molecule is COc1cc2c(cc1OC)CN(CC(=O)N(C)Cc1ccccc1)CC2. The van der Waals surface area contributed by atoms with Gasteiger partial charge < -0.3 is 14.4 Å². The summed E-state index contributed by atoms with van der Waals surface area (Å²) in [6.07, 6.45) is 0.908. The van der Waals surface area contributed by atoms with E-state index in [1.54, 1.807) is 19.1 Å². The molecular formula is C21H26N2O3. The fourth-order valence-electron chi connectivity index (χ4n) is 3.33. The molecule has 0 atom stereocenters. The minimum Gasteiger partial charge on any atom is -0.493 e. The number of rotatable bonds is 6. The van der Waals surface area contributed by atoms with Crippen molar-refractivity contribution in [3.63, 3.8) is 0 Å². The molecule has 0 fully saturated rings. The summed E-state index contributed by atoms with van der Waals surface area (Å²) in [5.74, 6) is 1.64. The zero-order valence-electron chi connectivity index (χ0n) is 15.7. The maximum Gasteiger partial charge on any atom is 0.236 e. The smallest absolute Gasteiger partial charge is 0.236 e. The summed E-state index contributed by atoms with van der Waals surface area (Å²) in [5, 5.41) is 0. The van der Waals surface area contributed by atoms with Gasteiger partial charge >= 0.3 is 0 Å². The third kappa shape index (κ3) is 4.17. The third-order valence-electron chi connectivity index (χ3n) is 4.84. The van der Waals surface area contributed by atoms with Gasteiger partial charge in [-0.1, -0.05) is 30.3 Å². The first-order chi connectivity index (χ1) is 12.6. The number of benzene rings is 2. The minimum atomic E-state index is 0.137. The van der Waals surface area contributed by atoms with Gasteiger partial charge in [-0.05, 0) is 35.2 Å². The molecule has 5 nitrogen and oxygen atoms in total. The largest absolute Gasteiger partial charge is 0.493 e. The van der Waals surface area contributed by atoms with Crippen molar-refractivity contribution in [2.75, 3.05) is 34.4 Å². The lowest BCUT2D eigenvalue weighted by Gasteiger charge is -2.30. The molecule has 0 bridgehead atoms. The zero-order chi connectivity index (χ0) is 18.5. The molecule has 1 aliphatic rings. The molecule has 1 amide bonds. The van der Waals surface area contributed by atoms with Gasteiger partial charge in [0.15, 0.2) is 11.5 Å². The van der Waals surface area contributed by atoms with Crippen LogP contribution in [0, 0.1) is 0 Å². The van der Waals surface area contributed by atoms with Gasteiger partial charge in [0, 0.05) is 26.7 Å². The number of ether oxygens (including phenoxy) is 2. The van der Waals surface area contributed by atoms with Gasteiger partial charge in [0.2, 0.25) is 5.91 Å². The molecule has 0 aromatic heterocycles. The summed E-state index contributed by atoms with van der Waals surface area (Å²) < 4.78 is 10.8. The van der Waals surface area contributed by atoms with E-state index in [1.807, 2.05) is 43.4 Å². The van der Waals surface area contributed by atoms with Crippen LogP contribution in [0.1, 0.15) is 16.7 Å². The highest BCUT2D eigenvalue weighted by Gasteiger charge is 2.22. The molecule has 5 heteroatoms. The molecule has 0 unspecified atom stereocenters. The Morgan fingerprint density at radius 2 is 1.73 bits per heavy atom. The van der Waals surface area contributed by atoms with Gasteiger partial charge in [0.05, 0.1) is 20.8 Å². The maximum absolute atomic E-state index is 12.6. The van der Waals surface area contributed by atoms with Crippen LogP contribution < -0.4 is 9.47 Å². The van der Waals surface area contributed by atoms with Gasteiger partial charge in [-0.15, -0.1) is 0 Å². The van der Waals surface area contributed by atoms with Crippen molar-refractivity contribution in [1.82, 2.24) is 9.80 Å². The van der Waals surface area contributed by atoms with Crippen molar-refractivity contribution >= 4 is 5.91 Å². The number of nitrogens with zero attached hydrogens (tertiary/aromatic N) is 2. The maximum atomic E-state index is 12.6. The Balaban J connectivity index is 1.62. The molecule has 0 saturated carbocycles. The number of fused-ring (bicyclic) bond motifs is 1. The molecule has 0 saturated heterocycles. The molecular weight excluding hydrogens is 328 g/mol. The van der Waals surface area contributed by atoms with Crippen LogP contribution in [0.4, 0.5) is 0 Å². The van der Waals surface area contributed by atoms with Crippen LogP contribution in [0.15, 0.2) is 42.5 Å². The van der Waals surface area contributed by atoms with Crippen LogP contribution in [0.25, 0.3) is 0 Å². The van der Waals surface area contributed by atoms with E-state index in [1.165, 1.54) is 11.1 Å². The van der Waals surface area contributed by atoms with Crippen molar-refractivity contribution in [3.05, 3.63) is 59.2 Å². The number of likely N-dealkylation sites (N-methyl/N-ethyl adjacent to an activating group) is 1. The highest BCUT2D eigenvalue weighted by Crippen LogP contribution is 2.33. The topological polar surface area (TPSA) is 42.0 Å². The molecule has 0 N–H and O–H groups in total. The number of amides is 1. The number of carbonyl (C=O) groups is 1. The first-order valence-corrected chi connectivity index (χ1v) is 8.84. The van der Waals surface area contributed by atoms with Crippen LogP contribution in [-0.2, 0) is 24.3 Å². The van der Waals surface area contributed by atoms with Crippen molar-refractivity contribution in [2.45, 2.75) is 19.5 Å². The molecule has 0 spiro atoms. The summed E-state index contributed by atoms with van der Waals surface area (Å²) >= 11 is 0. The van der Waals surface area contributed by atoms with Crippen molar-refractivity contribution in [1.29, 1.82) is 0 Å². The number of hydrogen-bond acceptors (Lipinski definition) is 4. The van der Waals surface area contributed by atoms with Gasteiger partial charge in [-0.3, -0.25) is 9.69 Å². The van der Waals surface area contributed by atoms with Crippen LogP contribution in [0.2, 0.25) is 0 Å². The lowest BCUT2D eigenvalue weighted by Crippen LogP contribution is -2.40. The van der Waals surface area contributed by atoms with Crippen LogP contribution in [0.3, 0.4) is 0 Å². The quantitative estimate of drug-likeness (QED) is 0.800. The summed E-state index contributed by atoms with van der Waals surface area (Å²) in [4.78, 5) is 16.6. The van der Waals surface area contributed by atoms with Crippen LogP contribution in [0.5, 0.6) is 11.5 Å². The molecule has 1 heterocycles. The predicted octanol–water partition coefficient (Wildman–Crippen LogP) is 2.72. The van der Waals surface area contributed by atoms with E-state index in [0.717, 1.165) is 36.6 Å². The average molecular weight is 354 g/mol. The second kappa shape index (κ2) is 8.23. The predicted molar refractivity (Wildman–Crippen MR) is 101 cm³/mol. The Morgan fingerprint density at radius 3 is 2.38 bits per heavy atom. The third-order valence-corrected chi connectivity index (χ3v) is 4.84. The van der Waals surface area contributed by atoms with E-state index in [2.05, 4.69) is 11.0 Å². The first-order valence-electron chi connectivity index (χ1n) is 8.84. The molecule has 138 valence electrons. The Labute approximate surface area is 155 Å². The highest BCUT2D eigenvalue weighted by molar-refractivity contribution is 5.78. The molecule has 0 radical (unpaired) electrons. The molecule has 0 aliphatic carbocycles. The Hall–Kier alpha value is -2.53. The highest BCUT2D eigenvalue weighted by atomic mass is 16.5. The van der Waals surface area contributed by atoms with Crippen LogP contribution >= 0.6 is 0 Å². The van der Waals surface area contributed by atoms with Gasteiger partial charge in [-0.25, -0.2) is 0 Å². The fourth-order valence-corrected chi connectivity index (χ4v) is 3.33. The van der Waals surface area contributed by atoms with Gasteiger partial charge in [-0.2, -0.15) is 0 Å². The average Bonchev–Trinajstić information content (AvgIpc) is 2.67. The fraction of sp³-hybridized carbons (Fsp3) is 0.381. The van der Waals surface area contributed by atoms with Crippen molar-refractivity contribution in [2.24, 2.45) is 0 Å². The lowest BCUT2D eigenvalue weighted by atomic mass is 9.99. The van der Waals surface area contributed by atoms with Crippen LogP contribution in [-0.4, -0.2) is 50.1 Å². The zero-order valence-corrected chi connectivity index (χ0v) is 15.7. The van der Waals surface area contributed by atoms with E-state index in [4.69, 9.17) is 9.47 Å². The van der Waals surface area contributed by atoms with E-state index >= 15 is 0 Å². The minimum absolute atomic E-state index is 0.137. The van der Waals surface area contributed by atoms with Gasteiger partial charge in [0.25, 0.3) is 0 Å². The summed E-state index contributed by atoms with van der Waals surface area (Å²) in [6.45, 7) is 2.68. The number of hydrogen-bond donors (Lipinski definition) is 0. The van der Waals surface area contributed by atoms with E-state index in [-0.39, 0.29) is 5.91 Å². The van der Waals surface area contributed by atoms with Gasteiger partial charge in [0.1, 0.15) is 0 Å². The first kappa shape index (κ1) is 18.3. The number of carbonyl (C=O) groups excluding carboxylic acids is 1. The second-order valence-electron chi connectivity index (χ2n) is 6.67. The summed E-state index contributed by atoms with van der Waals surface area (Å²) in [7, 11) is 5.16. The lowest BCUT2D eigenvalue weighted by molar-refractivity contribution is -0.131. The summed E-state index contributed by atoms with van der Waals surface area (Å²) in [6, 6.07) is 14.1. The normalized spacial score (nSPS) is 13.8. The molecule has 3 rings (SSSR count). The Morgan fingerprint density at radius 1 is 1.08 bits per heavy atom. The van der Waals surface area contributed by atoms with E-state index < -0.39 is 0 Å². The number of methoxy groups -OCH3 is 2. The monoisotopic (exact) mass is 354 g/mol. The van der Waals surface area contributed by atoms with E-state index in [9.17, 15) is 4.79 Å².